The van der Waals surface area contributed by atoms with E-state index in [1.54, 1.807) is 6.07 Å². The van der Waals surface area contributed by atoms with Crippen LogP contribution < -0.4 is 21.3 Å². The highest BCUT2D eigenvalue weighted by atomic mass is 16.6. The van der Waals surface area contributed by atoms with Crippen molar-refractivity contribution < 1.29 is 19.7 Å². The van der Waals surface area contributed by atoms with Crippen molar-refractivity contribution in [1.29, 1.82) is 5.26 Å². The van der Waals surface area contributed by atoms with E-state index < -0.39 is 30.1 Å². The molecule has 1 aromatic carbocycles. The summed E-state index contributed by atoms with van der Waals surface area (Å²) in [7, 11) is 0. The molecule has 0 unspecified atom stereocenters. The Bertz CT molecular complexity index is 1170. The molecule has 12 heteroatoms. The second-order valence-electron chi connectivity index (χ2n) is 7.01. The molecule has 6 N–H and O–H groups in total. The third-order valence-electron chi connectivity index (χ3n) is 4.99. The smallest absolute Gasteiger partial charge is 0.280 e. The zero-order valence-corrected chi connectivity index (χ0v) is 16.3. The number of benzene rings is 1. The number of aromatic nitrogens is 4. The number of aliphatic hydroxyl groups is 2. The molecule has 3 heterocycles. The first-order chi connectivity index (χ1) is 15.0. The minimum absolute atomic E-state index is 0.0510. The fourth-order valence-electron chi connectivity index (χ4n) is 3.51. The molecular formula is C19H21N7O5. The van der Waals surface area contributed by atoms with Crippen molar-refractivity contribution in [2.75, 3.05) is 18.9 Å². The molecule has 162 valence electrons. The Balaban J connectivity index is 1.45. The fourth-order valence-corrected chi connectivity index (χ4v) is 3.51. The summed E-state index contributed by atoms with van der Waals surface area (Å²) in [5.41, 5.74) is 6.13. The van der Waals surface area contributed by atoms with Crippen molar-refractivity contribution in [2.24, 2.45) is 0 Å². The van der Waals surface area contributed by atoms with E-state index in [0.29, 0.717) is 12.3 Å². The number of nitrogens with two attached hydrogens (primary N) is 1. The van der Waals surface area contributed by atoms with Gasteiger partial charge in [0.2, 0.25) is 5.95 Å². The maximum atomic E-state index is 12.0. The topological polar surface area (TPSA) is 184 Å². The lowest BCUT2D eigenvalue weighted by molar-refractivity contribution is -0.0342. The van der Waals surface area contributed by atoms with Gasteiger partial charge in [-0.05, 0) is 6.07 Å². The lowest BCUT2D eigenvalue weighted by atomic mass is 10.1. The number of aromatic amines is 1. The molecule has 1 fully saturated rings. The van der Waals surface area contributed by atoms with Gasteiger partial charge in [-0.25, -0.2) is 4.98 Å². The van der Waals surface area contributed by atoms with E-state index in [-0.39, 0.29) is 30.3 Å². The monoisotopic (exact) mass is 427 g/mol. The number of hydrogen-bond acceptors (Lipinski definition) is 10. The molecule has 1 saturated heterocycles. The molecular weight excluding hydrogens is 406 g/mol. The molecule has 0 amide bonds. The standard InChI is InChI=1S/C19H21N7O5/c20-5-6-30-11-4-2-1-3-10(11)7-22-8-12-14(27)15(28)18(31-12)26-9-23-13-16(26)24-19(21)25-17(13)29/h1-4,9,12,14-15,18,22,27-28H,6-8H2,(H3,21,24,25,29)/t12-,14-,15-,18-/m1/s1. The van der Waals surface area contributed by atoms with Crippen LogP contribution in [0.25, 0.3) is 11.2 Å². The number of rotatable bonds is 7. The quantitative estimate of drug-likeness (QED) is 0.314. The highest BCUT2D eigenvalue weighted by molar-refractivity contribution is 5.70. The zero-order valence-electron chi connectivity index (χ0n) is 16.3. The van der Waals surface area contributed by atoms with Crippen LogP contribution in [0, 0.1) is 11.3 Å². The number of H-pyrrole nitrogens is 1. The van der Waals surface area contributed by atoms with Gasteiger partial charge in [0.25, 0.3) is 5.56 Å². The van der Waals surface area contributed by atoms with Gasteiger partial charge in [-0.3, -0.25) is 14.3 Å². The Morgan fingerprint density at radius 2 is 2.16 bits per heavy atom. The van der Waals surface area contributed by atoms with Crippen LogP contribution in [0.3, 0.4) is 0 Å². The van der Waals surface area contributed by atoms with Crippen molar-refractivity contribution in [2.45, 2.75) is 31.1 Å². The molecule has 3 aromatic rings. The fraction of sp³-hybridized carbons (Fsp3) is 0.368. The molecule has 12 nitrogen and oxygen atoms in total. The van der Waals surface area contributed by atoms with Crippen LogP contribution in [0.2, 0.25) is 0 Å². The number of anilines is 1. The SMILES string of the molecule is N#CCOc1ccccc1CNC[C@H]1O[C@@H](n2cnc3c(=O)[nH]c(N)nc32)[C@H](O)[C@@H]1O. The minimum Gasteiger partial charge on any atom is -0.478 e. The maximum Gasteiger partial charge on any atom is 0.280 e. The predicted molar refractivity (Wildman–Crippen MR) is 108 cm³/mol. The summed E-state index contributed by atoms with van der Waals surface area (Å²) >= 11 is 0. The summed E-state index contributed by atoms with van der Waals surface area (Å²) in [5, 5.41) is 32.8. The summed E-state index contributed by atoms with van der Waals surface area (Å²) in [6.45, 7) is 0.566. The van der Waals surface area contributed by atoms with E-state index in [2.05, 4.69) is 20.3 Å². The Morgan fingerprint density at radius 3 is 2.97 bits per heavy atom. The van der Waals surface area contributed by atoms with E-state index in [1.807, 2.05) is 24.3 Å². The first-order valence-corrected chi connectivity index (χ1v) is 9.52. The van der Waals surface area contributed by atoms with Crippen molar-refractivity contribution in [1.82, 2.24) is 24.8 Å². The first-order valence-electron chi connectivity index (χ1n) is 9.52. The summed E-state index contributed by atoms with van der Waals surface area (Å²) in [5.74, 6) is 0.490. The van der Waals surface area contributed by atoms with Gasteiger partial charge in [-0.15, -0.1) is 0 Å². The molecule has 1 aliphatic rings. The lowest BCUT2D eigenvalue weighted by Crippen LogP contribution is -2.37. The van der Waals surface area contributed by atoms with Gasteiger partial charge in [-0.2, -0.15) is 10.2 Å². The Labute approximate surface area is 175 Å². The number of nitrogens with zero attached hydrogens (tertiary/aromatic N) is 4. The number of para-hydroxylation sites is 1. The Hall–Kier alpha value is -3.50. The van der Waals surface area contributed by atoms with Crippen LogP contribution in [0.5, 0.6) is 5.75 Å². The number of fused-ring (bicyclic) bond motifs is 1. The summed E-state index contributed by atoms with van der Waals surface area (Å²) in [6.07, 6.45) is -2.86. The van der Waals surface area contributed by atoms with Crippen molar-refractivity contribution in [3.05, 3.63) is 46.5 Å². The zero-order chi connectivity index (χ0) is 22.0. The van der Waals surface area contributed by atoms with E-state index >= 15 is 0 Å². The molecule has 0 spiro atoms. The Kier molecular flexibility index (Phi) is 5.83. The van der Waals surface area contributed by atoms with Crippen LogP contribution in [-0.2, 0) is 11.3 Å². The number of hydrogen-bond donors (Lipinski definition) is 5. The third-order valence-corrected chi connectivity index (χ3v) is 4.99. The van der Waals surface area contributed by atoms with Crippen LogP contribution in [0.4, 0.5) is 5.95 Å². The van der Waals surface area contributed by atoms with Gasteiger partial charge >= 0.3 is 0 Å². The van der Waals surface area contributed by atoms with Crippen LogP contribution in [-0.4, -0.2) is 61.2 Å². The highest BCUT2D eigenvalue weighted by Gasteiger charge is 2.44. The molecule has 2 aromatic heterocycles. The number of aliphatic hydroxyl groups excluding tert-OH is 2. The third kappa shape index (κ3) is 4.07. The second-order valence-corrected chi connectivity index (χ2v) is 7.01. The minimum atomic E-state index is -1.27. The van der Waals surface area contributed by atoms with Gasteiger partial charge in [0.15, 0.2) is 24.0 Å². The first kappa shape index (κ1) is 20.8. The Morgan fingerprint density at radius 1 is 1.35 bits per heavy atom. The molecule has 0 saturated carbocycles. The molecule has 0 aliphatic carbocycles. The number of ether oxygens (including phenoxy) is 2. The van der Waals surface area contributed by atoms with E-state index in [0.717, 1.165) is 5.56 Å². The van der Waals surface area contributed by atoms with Gasteiger partial charge in [0.1, 0.15) is 30.1 Å². The number of imidazole rings is 1. The van der Waals surface area contributed by atoms with Gasteiger partial charge < -0.3 is 30.7 Å². The molecule has 0 bridgehead atoms. The molecule has 4 atom stereocenters. The summed E-state index contributed by atoms with van der Waals surface area (Å²) in [4.78, 5) is 22.4. The second kappa shape index (κ2) is 8.70. The molecule has 0 radical (unpaired) electrons. The number of nitrogens with one attached hydrogen (secondary N) is 2. The van der Waals surface area contributed by atoms with E-state index in [9.17, 15) is 15.0 Å². The summed E-state index contributed by atoms with van der Waals surface area (Å²) in [6, 6.07) is 9.20. The predicted octanol–water partition coefficient (Wildman–Crippen LogP) is -0.987. The summed E-state index contributed by atoms with van der Waals surface area (Å²) < 4.78 is 12.6. The van der Waals surface area contributed by atoms with Crippen LogP contribution in [0.1, 0.15) is 11.8 Å². The average Bonchev–Trinajstić information content (AvgIpc) is 3.29. The molecule has 31 heavy (non-hydrogen) atoms. The number of nitriles is 1. The van der Waals surface area contributed by atoms with Gasteiger partial charge in [-0.1, -0.05) is 18.2 Å². The highest BCUT2D eigenvalue weighted by Crippen LogP contribution is 2.31. The molecule has 1 aliphatic heterocycles. The van der Waals surface area contributed by atoms with Crippen LogP contribution in [0.15, 0.2) is 35.4 Å². The molecule has 4 rings (SSSR count). The lowest BCUT2D eigenvalue weighted by Gasteiger charge is -2.17. The maximum absolute atomic E-state index is 12.0. The van der Waals surface area contributed by atoms with Gasteiger partial charge in [0.05, 0.1) is 6.33 Å². The van der Waals surface area contributed by atoms with Crippen molar-refractivity contribution >= 4 is 17.1 Å². The van der Waals surface area contributed by atoms with E-state index in [1.165, 1.54) is 10.9 Å². The number of nitrogen functional groups attached to an aromatic ring is 1. The largest absolute Gasteiger partial charge is 0.478 e. The van der Waals surface area contributed by atoms with Crippen molar-refractivity contribution in [3.63, 3.8) is 0 Å². The average molecular weight is 427 g/mol. The van der Waals surface area contributed by atoms with E-state index in [4.69, 9.17) is 20.5 Å². The normalized spacial score (nSPS) is 23.1. The van der Waals surface area contributed by atoms with Gasteiger partial charge in [0, 0.05) is 18.7 Å². The van der Waals surface area contributed by atoms with Crippen molar-refractivity contribution in [3.8, 4) is 11.8 Å². The van der Waals surface area contributed by atoms with Crippen LogP contribution >= 0.6 is 0 Å².